The van der Waals surface area contributed by atoms with Crippen molar-refractivity contribution in [3.05, 3.63) is 60.8 Å². The molecule has 0 amide bonds. The molecule has 0 radical (unpaired) electrons. The summed E-state index contributed by atoms with van der Waals surface area (Å²) in [5.74, 6) is -0.382. The molecule has 0 spiro atoms. The number of ether oxygens (including phenoxy) is 6. The third kappa shape index (κ3) is 31.2. The number of rotatable bonds is 44. The normalized spacial score (nSPS) is 25.8. The minimum absolute atomic E-state index is 0.0553. The second kappa shape index (κ2) is 44.0. The Bertz CT molecular complexity index is 1400. The highest BCUT2D eigenvalue weighted by Gasteiger charge is 2.47. The van der Waals surface area contributed by atoms with Crippen molar-refractivity contribution in [3.63, 3.8) is 0 Å². The van der Waals surface area contributed by atoms with Crippen LogP contribution in [0.3, 0.4) is 0 Å². The molecule has 14 heteroatoms. The van der Waals surface area contributed by atoms with E-state index in [-0.39, 0.29) is 25.6 Å². The third-order valence-corrected chi connectivity index (χ3v) is 13.0. The van der Waals surface area contributed by atoms with Crippen molar-refractivity contribution >= 4 is 5.97 Å². The van der Waals surface area contributed by atoms with Crippen molar-refractivity contribution in [2.45, 2.75) is 261 Å². The SMILES string of the molecule is CC/C=C\C/C=C\C/C=C\C/C=C\CCCCCCCCCCCCCCC(=O)OC(COCCCCCCCC/C=C\CCCC)COC1OC(COC2OC(CO)C(O)C(O)C2O)C(O)C(O)C1O. The molecule has 0 aliphatic carbocycles. The number of esters is 1. The van der Waals surface area contributed by atoms with Crippen molar-refractivity contribution < 1.29 is 69.0 Å². The Morgan fingerprint density at radius 2 is 0.915 bits per heavy atom. The van der Waals surface area contributed by atoms with Crippen molar-refractivity contribution in [2.75, 3.05) is 33.0 Å². The van der Waals surface area contributed by atoms with E-state index in [0.29, 0.717) is 13.0 Å². The van der Waals surface area contributed by atoms with Crippen LogP contribution in [0.15, 0.2) is 60.8 Å². The molecule has 11 atom stereocenters. The quantitative estimate of drug-likeness (QED) is 0.0172. The fourth-order valence-electron chi connectivity index (χ4n) is 8.49. The first-order chi connectivity index (χ1) is 34.6. The first-order valence-electron chi connectivity index (χ1n) is 27.9. The fraction of sp³-hybridized carbons (Fsp3) is 0.807. The van der Waals surface area contributed by atoms with Crippen molar-refractivity contribution in [3.8, 4) is 0 Å². The number of aliphatic hydroxyl groups is 7. The smallest absolute Gasteiger partial charge is 0.306 e. The van der Waals surface area contributed by atoms with Crippen LogP contribution in [0.25, 0.3) is 0 Å². The summed E-state index contributed by atoms with van der Waals surface area (Å²) in [6.07, 6.45) is 37.1. The standard InChI is InChI=1S/C57H100O14/c1-3-5-7-9-11-13-15-17-18-19-20-21-22-23-24-25-26-27-28-29-30-32-34-36-38-40-49(59)69-46(43-66-41-39-37-35-33-31-16-14-12-10-8-6-4-2)44-67-56-55(65)53(63)51(61)48(71-56)45-68-57-54(64)52(62)50(60)47(42-58)70-57/h5,7,10-13,17-18,20-21,46-48,50-58,60-65H,3-4,6,8-9,14-16,19,22-45H2,1-2H3/b7-5-,12-10-,13-11-,18-17-,21-20-. The van der Waals surface area contributed by atoms with Gasteiger partial charge in [-0.2, -0.15) is 0 Å². The highest BCUT2D eigenvalue weighted by atomic mass is 16.7. The van der Waals surface area contributed by atoms with Gasteiger partial charge in [-0.1, -0.05) is 177 Å². The molecule has 412 valence electrons. The molecule has 0 saturated carbocycles. The van der Waals surface area contributed by atoms with E-state index < -0.39 is 80.7 Å². The molecule has 0 bridgehead atoms. The highest BCUT2D eigenvalue weighted by molar-refractivity contribution is 5.69. The van der Waals surface area contributed by atoms with Crippen LogP contribution < -0.4 is 0 Å². The molecular weight excluding hydrogens is 909 g/mol. The van der Waals surface area contributed by atoms with Crippen molar-refractivity contribution in [1.29, 1.82) is 0 Å². The van der Waals surface area contributed by atoms with Gasteiger partial charge in [0.2, 0.25) is 0 Å². The topological polar surface area (TPSA) is 214 Å². The molecule has 2 fully saturated rings. The zero-order valence-electron chi connectivity index (χ0n) is 43.9. The molecule has 2 aliphatic heterocycles. The lowest BCUT2D eigenvalue weighted by molar-refractivity contribution is -0.332. The van der Waals surface area contributed by atoms with Gasteiger partial charge in [0.05, 0.1) is 26.4 Å². The molecule has 0 aromatic carbocycles. The molecule has 11 unspecified atom stereocenters. The van der Waals surface area contributed by atoms with Gasteiger partial charge >= 0.3 is 5.97 Å². The summed E-state index contributed by atoms with van der Waals surface area (Å²) in [5, 5.41) is 72.2. The van der Waals surface area contributed by atoms with Crippen LogP contribution in [0.1, 0.15) is 194 Å². The number of hydrogen-bond donors (Lipinski definition) is 7. The van der Waals surface area contributed by atoms with Gasteiger partial charge in [0.25, 0.3) is 0 Å². The highest BCUT2D eigenvalue weighted by Crippen LogP contribution is 2.26. The largest absolute Gasteiger partial charge is 0.457 e. The number of carbonyl (C=O) groups is 1. The van der Waals surface area contributed by atoms with E-state index in [1.807, 2.05) is 0 Å². The van der Waals surface area contributed by atoms with Gasteiger partial charge in [-0.3, -0.25) is 4.79 Å². The van der Waals surface area contributed by atoms with Crippen LogP contribution in [-0.4, -0.2) is 142 Å². The predicted molar refractivity (Wildman–Crippen MR) is 279 cm³/mol. The summed E-state index contributed by atoms with van der Waals surface area (Å²) in [4.78, 5) is 13.0. The van der Waals surface area contributed by atoms with Crippen LogP contribution >= 0.6 is 0 Å². The Kier molecular flexibility index (Phi) is 40.2. The first-order valence-corrected chi connectivity index (χ1v) is 27.9. The maximum absolute atomic E-state index is 13.0. The third-order valence-electron chi connectivity index (χ3n) is 13.0. The molecule has 0 aromatic rings. The van der Waals surface area contributed by atoms with E-state index in [9.17, 15) is 40.5 Å². The van der Waals surface area contributed by atoms with Gasteiger partial charge in [-0.15, -0.1) is 0 Å². The zero-order valence-corrected chi connectivity index (χ0v) is 43.9. The second-order valence-electron chi connectivity index (χ2n) is 19.4. The van der Waals surface area contributed by atoms with E-state index in [1.165, 1.54) is 83.5 Å². The first kappa shape index (κ1) is 64.8. The van der Waals surface area contributed by atoms with E-state index in [1.54, 1.807) is 0 Å². The van der Waals surface area contributed by atoms with E-state index in [4.69, 9.17) is 28.4 Å². The summed E-state index contributed by atoms with van der Waals surface area (Å²) in [5.41, 5.74) is 0. The van der Waals surface area contributed by atoms with Gasteiger partial charge in [-0.25, -0.2) is 0 Å². The summed E-state index contributed by atoms with van der Waals surface area (Å²) in [6.45, 7) is 3.53. The average molecular weight is 1010 g/mol. The molecule has 2 rings (SSSR count). The number of carbonyl (C=O) groups excluding carboxylic acids is 1. The Hall–Kier alpha value is -2.31. The molecule has 14 nitrogen and oxygen atoms in total. The maximum atomic E-state index is 13.0. The van der Waals surface area contributed by atoms with E-state index in [0.717, 1.165) is 83.5 Å². The number of aliphatic hydroxyl groups excluding tert-OH is 7. The van der Waals surface area contributed by atoms with Crippen LogP contribution in [0.5, 0.6) is 0 Å². The van der Waals surface area contributed by atoms with Crippen LogP contribution in [0.4, 0.5) is 0 Å². The molecule has 7 N–H and O–H groups in total. The Morgan fingerprint density at radius 1 is 0.479 bits per heavy atom. The van der Waals surface area contributed by atoms with Gasteiger partial charge in [-0.05, 0) is 70.6 Å². The lowest BCUT2D eigenvalue weighted by atomic mass is 9.98. The van der Waals surface area contributed by atoms with Crippen LogP contribution in [0, 0.1) is 0 Å². The van der Waals surface area contributed by atoms with E-state index >= 15 is 0 Å². The van der Waals surface area contributed by atoms with Gasteiger partial charge in [0.1, 0.15) is 54.9 Å². The monoisotopic (exact) mass is 1010 g/mol. The lowest BCUT2D eigenvalue weighted by Gasteiger charge is -2.42. The minimum Gasteiger partial charge on any atom is -0.457 e. The van der Waals surface area contributed by atoms with Crippen molar-refractivity contribution in [2.24, 2.45) is 0 Å². The van der Waals surface area contributed by atoms with Crippen LogP contribution in [-0.2, 0) is 33.2 Å². The molecule has 0 aromatic heterocycles. The molecule has 2 heterocycles. The lowest BCUT2D eigenvalue weighted by Crippen LogP contribution is -2.61. The molecule has 2 saturated heterocycles. The second-order valence-corrected chi connectivity index (χ2v) is 19.4. The maximum Gasteiger partial charge on any atom is 0.306 e. The fourth-order valence-corrected chi connectivity index (χ4v) is 8.49. The zero-order chi connectivity index (χ0) is 51.6. The molecule has 71 heavy (non-hydrogen) atoms. The summed E-state index contributed by atoms with van der Waals surface area (Å²) in [7, 11) is 0. The van der Waals surface area contributed by atoms with Gasteiger partial charge < -0.3 is 64.2 Å². The Balaban J connectivity index is 1.69. The van der Waals surface area contributed by atoms with Crippen LogP contribution in [0.2, 0.25) is 0 Å². The number of hydrogen-bond acceptors (Lipinski definition) is 14. The summed E-state index contributed by atoms with van der Waals surface area (Å²) >= 11 is 0. The number of unbranched alkanes of at least 4 members (excludes halogenated alkanes) is 20. The number of allylic oxidation sites excluding steroid dienone is 10. The average Bonchev–Trinajstić information content (AvgIpc) is 3.37. The molecular formula is C57H100O14. The van der Waals surface area contributed by atoms with Gasteiger partial charge in [0.15, 0.2) is 12.6 Å². The Labute approximate surface area is 428 Å². The van der Waals surface area contributed by atoms with Gasteiger partial charge in [0, 0.05) is 13.0 Å². The predicted octanol–water partition coefficient (Wildman–Crippen LogP) is 9.30. The summed E-state index contributed by atoms with van der Waals surface area (Å²) < 4.78 is 34.3. The Morgan fingerprint density at radius 3 is 1.45 bits per heavy atom. The summed E-state index contributed by atoms with van der Waals surface area (Å²) in [6, 6.07) is 0. The minimum atomic E-state index is -1.71. The van der Waals surface area contributed by atoms with Crippen molar-refractivity contribution in [1.82, 2.24) is 0 Å². The van der Waals surface area contributed by atoms with E-state index in [2.05, 4.69) is 74.6 Å². The molecule has 2 aliphatic rings.